The van der Waals surface area contributed by atoms with E-state index in [-0.39, 0.29) is 0 Å². The molecule has 0 nitrogen and oxygen atoms in total. The van der Waals surface area contributed by atoms with Gasteiger partial charge in [-0.1, -0.05) is 31.9 Å². The maximum absolute atomic E-state index is 2.41. The normalized spacial score (nSPS) is 40.4. The molecular weight excluding hydrogens is 132 g/mol. The average molecular weight is 150 g/mol. The highest BCUT2D eigenvalue weighted by Crippen LogP contribution is 2.60. The molecule has 0 heterocycles. The molecule has 0 spiro atoms. The van der Waals surface area contributed by atoms with Crippen LogP contribution in [0.5, 0.6) is 0 Å². The molecule has 3 rings (SSSR count). The summed E-state index contributed by atoms with van der Waals surface area (Å²) < 4.78 is 0. The first kappa shape index (κ1) is 7.39. The first-order chi connectivity index (χ1) is 5.03. The fourth-order valence-electron chi connectivity index (χ4n) is 3.22. The van der Waals surface area contributed by atoms with Gasteiger partial charge < -0.3 is 0 Å². The molecule has 2 atom stereocenters. The lowest BCUT2D eigenvalue weighted by molar-refractivity contribution is 0.0809. The van der Waals surface area contributed by atoms with Crippen molar-refractivity contribution in [3.05, 3.63) is 11.1 Å². The zero-order chi connectivity index (χ0) is 8.22. The Morgan fingerprint density at radius 3 is 2.27 bits per heavy atom. The Hall–Kier alpha value is -0.260. The summed E-state index contributed by atoms with van der Waals surface area (Å²) in [5.41, 5.74) is 4.01. The van der Waals surface area contributed by atoms with E-state index in [4.69, 9.17) is 0 Å². The summed E-state index contributed by atoms with van der Waals surface area (Å²) in [5.74, 6) is 1.92. The maximum Gasteiger partial charge on any atom is -0.0108 e. The van der Waals surface area contributed by atoms with Gasteiger partial charge in [-0.15, -0.1) is 0 Å². The number of fused-ring (bicyclic) bond motifs is 2. The molecule has 0 aromatic heterocycles. The zero-order valence-corrected chi connectivity index (χ0v) is 8.07. The van der Waals surface area contributed by atoms with E-state index in [1.54, 1.807) is 11.1 Å². The molecular formula is C11H18. The molecule has 0 heteroatoms. The Kier molecular flexibility index (Phi) is 1.28. The molecule has 11 heavy (non-hydrogen) atoms. The molecule has 0 aliphatic heterocycles. The minimum Gasteiger partial charge on any atom is -0.0733 e. The summed E-state index contributed by atoms with van der Waals surface area (Å²) in [6, 6.07) is 0. The lowest BCUT2D eigenvalue weighted by atomic mass is 9.49. The van der Waals surface area contributed by atoms with Crippen LogP contribution >= 0.6 is 0 Å². The van der Waals surface area contributed by atoms with Gasteiger partial charge in [0.25, 0.3) is 0 Å². The topological polar surface area (TPSA) is 0 Å². The Morgan fingerprint density at radius 1 is 1.27 bits per heavy atom. The minimum atomic E-state index is 0.557. The summed E-state index contributed by atoms with van der Waals surface area (Å²) in [6.45, 7) is 9.56. The fraction of sp³-hybridized carbons (Fsp3) is 0.818. The molecule has 0 aromatic rings. The van der Waals surface area contributed by atoms with E-state index in [9.17, 15) is 0 Å². The van der Waals surface area contributed by atoms with E-state index >= 15 is 0 Å². The van der Waals surface area contributed by atoms with Gasteiger partial charge in [0, 0.05) is 0 Å². The molecule has 3 aliphatic carbocycles. The van der Waals surface area contributed by atoms with Gasteiger partial charge in [-0.3, -0.25) is 0 Å². The lowest BCUT2D eigenvalue weighted by Gasteiger charge is -2.55. The molecule has 2 bridgehead atoms. The van der Waals surface area contributed by atoms with Crippen molar-refractivity contribution in [3.8, 4) is 0 Å². The first-order valence-corrected chi connectivity index (χ1v) is 4.72. The average Bonchev–Trinajstić information content (AvgIpc) is 1.84. The molecule has 0 N–H and O–H groups in total. The minimum absolute atomic E-state index is 0.557. The van der Waals surface area contributed by atoms with E-state index in [2.05, 4.69) is 27.7 Å². The molecule has 1 saturated carbocycles. The third-order valence-electron chi connectivity index (χ3n) is 3.96. The van der Waals surface area contributed by atoms with Gasteiger partial charge in [-0.05, 0) is 37.0 Å². The second-order valence-electron chi connectivity index (χ2n) is 4.97. The SMILES string of the molecule is CC1=C2CC(C(C)C1)C2(C)C. The van der Waals surface area contributed by atoms with Gasteiger partial charge in [0.15, 0.2) is 0 Å². The van der Waals surface area contributed by atoms with Crippen LogP contribution < -0.4 is 0 Å². The van der Waals surface area contributed by atoms with E-state index in [1.807, 2.05) is 0 Å². The van der Waals surface area contributed by atoms with Crippen molar-refractivity contribution in [1.29, 1.82) is 0 Å². The number of allylic oxidation sites excluding steroid dienone is 2. The van der Waals surface area contributed by atoms with Gasteiger partial charge in [-0.2, -0.15) is 0 Å². The Bertz CT molecular complexity index is 220. The number of hydrogen-bond acceptors (Lipinski definition) is 0. The van der Waals surface area contributed by atoms with E-state index < -0.39 is 0 Å². The standard InChI is InChI=1S/C11H18/c1-7-5-8(2)10-6-9(7)11(10,3)4/h7,9H,5-6H2,1-4H3. The maximum atomic E-state index is 2.41. The molecule has 2 unspecified atom stereocenters. The van der Waals surface area contributed by atoms with Crippen molar-refractivity contribution in [2.24, 2.45) is 17.3 Å². The van der Waals surface area contributed by atoms with Crippen LogP contribution in [-0.4, -0.2) is 0 Å². The second-order valence-corrected chi connectivity index (χ2v) is 4.97. The van der Waals surface area contributed by atoms with Crippen LogP contribution in [0.4, 0.5) is 0 Å². The van der Waals surface area contributed by atoms with Gasteiger partial charge >= 0.3 is 0 Å². The van der Waals surface area contributed by atoms with Crippen LogP contribution in [0.3, 0.4) is 0 Å². The van der Waals surface area contributed by atoms with Gasteiger partial charge in [0.1, 0.15) is 0 Å². The van der Waals surface area contributed by atoms with Crippen molar-refractivity contribution in [3.63, 3.8) is 0 Å². The van der Waals surface area contributed by atoms with Crippen LogP contribution in [0.15, 0.2) is 11.1 Å². The van der Waals surface area contributed by atoms with Crippen LogP contribution in [0.25, 0.3) is 0 Å². The third-order valence-corrected chi connectivity index (χ3v) is 3.96. The summed E-state index contributed by atoms with van der Waals surface area (Å²) in [6.07, 6.45) is 2.77. The van der Waals surface area contributed by atoms with Crippen molar-refractivity contribution >= 4 is 0 Å². The van der Waals surface area contributed by atoms with Crippen molar-refractivity contribution < 1.29 is 0 Å². The van der Waals surface area contributed by atoms with Crippen LogP contribution in [-0.2, 0) is 0 Å². The van der Waals surface area contributed by atoms with Crippen molar-refractivity contribution in [2.45, 2.75) is 40.5 Å². The Morgan fingerprint density at radius 2 is 1.91 bits per heavy atom. The molecule has 0 amide bonds. The van der Waals surface area contributed by atoms with E-state index in [0.29, 0.717) is 5.41 Å². The zero-order valence-electron chi connectivity index (χ0n) is 8.07. The van der Waals surface area contributed by atoms with Crippen LogP contribution in [0.1, 0.15) is 40.5 Å². The van der Waals surface area contributed by atoms with E-state index in [0.717, 1.165) is 11.8 Å². The first-order valence-electron chi connectivity index (χ1n) is 4.72. The summed E-state index contributed by atoms with van der Waals surface area (Å²) >= 11 is 0. The van der Waals surface area contributed by atoms with E-state index in [1.165, 1.54) is 12.8 Å². The van der Waals surface area contributed by atoms with Crippen molar-refractivity contribution in [2.75, 3.05) is 0 Å². The monoisotopic (exact) mass is 150 g/mol. The Balaban J connectivity index is 2.39. The van der Waals surface area contributed by atoms with Crippen LogP contribution in [0.2, 0.25) is 0 Å². The molecule has 0 radical (unpaired) electrons. The summed E-state index contributed by atoms with van der Waals surface area (Å²) in [5, 5.41) is 0. The molecule has 0 aromatic carbocycles. The largest absolute Gasteiger partial charge is 0.0733 e. The summed E-state index contributed by atoms with van der Waals surface area (Å²) in [4.78, 5) is 0. The van der Waals surface area contributed by atoms with Gasteiger partial charge in [0.05, 0.1) is 0 Å². The smallest absolute Gasteiger partial charge is 0.0108 e. The third kappa shape index (κ3) is 0.758. The van der Waals surface area contributed by atoms with Gasteiger partial charge in [-0.25, -0.2) is 0 Å². The predicted molar refractivity (Wildman–Crippen MR) is 48.4 cm³/mol. The molecule has 0 saturated heterocycles. The predicted octanol–water partition coefficient (Wildman–Crippen LogP) is 3.39. The van der Waals surface area contributed by atoms with Crippen molar-refractivity contribution in [1.82, 2.24) is 0 Å². The Labute approximate surface area is 69.7 Å². The highest BCUT2D eigenvalue weighted by Gasteiger charge is 2.49. The quantitative estimate of drug-likeness (QED) is 0.464. The highest BCUT2D eigenvalue weighted by molar-refractivity contribution is 5.33. The molecule has 62 valence electrons. The molecule has 3 aliphatic rings. The fourth-order valence-corrected chi connectivity index (χ4v) is 3.22. The molecule has 1 fully saturated rings. The van der Waals surface area contributed by atoms with Gasteiger partial charge in [0.2, 0.25) is 0 Å². The number of hydrogen-bond donors (Lipinski definition) is 0. The van der Waals surface area contributed by atoms with Crippen LogP contribution in [0, 0.1) is 17.3 Å². The second kappa shape index (κ2) is 1.91. The lowest BCUT2D eigenvalue weighted by Crippen LogP contribution is -2.45. The number of rotatable bonds is 0. The highest BCUT2D eigenvalue weighted by atomic mass is 14.5. The summed E-state index contributed by atoms with van der Waals surface area (Å²) in [7, 11) is 0.